The van der Waals surface area contributed by atoms with E-state index in [1.807, 2.05) is 11.6 Å². The van der Waals surface area contributed by atoms with Crippen molar-refractivity contribution in [2.24, 2.45) is 5.73 Å². The maximum Gasteiger partial charge on any atom is 0.0597 e. The van der Waals surface area contributed by atoms with Crippen LogP contribution < -0.4 is 5.73 Å². The molecule has 1 aliphatic rings. The van der Waals surface area contributed by atoms with Gasteiger partial charge in [-0.15, -0.1) is 0 Å². The van der Waals surface area contributed by atoms with Gasteiger partial charge in [0.2, 0.25) is 0 Å². The van der Waals surface area contributed by atoms with Crippen LogP contribution in [-0.4, -0.2) is 9.78 Å². The number of fused-ring (bicyclic) bond motifs is 1. The molecule has 60 valence electrons. The van der Waals surface area contributed by atoms with E-state index in [-0.39, 0.29) is 6.04 Å². The van der Waals surface area contributed by atoms with Gasteiger partial charge in [0, 0.05) is 12.6 Å². The van der Waals surface area contributed by atoms with Gasteiger partial charge >= 0.3 is 0 Å². The molecule has 2 heterocycles. The van der Waals surface area contributed by atoms with E-state index in [0.29, 0.717) is 0 Å². The standard InChI is InChI=1S/C8H13N3/c1-6-5-8-7(9)3-2-4-11(8)10-6/h5,7H,2-4,9H2,1H3/t7-/m1/s1. The van der Waals surface area contributed by atoms with Crippen LogP contribution in [0.2, 0.25) is 0 Å². The van der Waals surface area contributed by atoms with Crippen molar-refractivity contribution in [3.8, 4) is 0 Å². The Hall–Kier alpha value is -0.830. The van der Waals surface area contributed by atoms with Crippen molar-refractivity contribution in [3.05, 3.63) is 17.5 Å². The van der Waals surface area contributed by atoms with Crippen molar-refractivity contribution in [2.45, 2.75) is 32.4 Å². The summed E-state index contributed by atoms with van der Waals surface area (Å²) < 4.78 is 2.03. The predicted octanol–water partition coefficient (Wildman–Crippen LogP) is 0.985. The Balaban J connectivity index is 2.43. The van der Waals surface area contributed by atoms with Crippen LogP contribution in [0.5, 0.6) is 0 Å². The largest absolute Gasteiger partial charge is 0.323 e. The van der Waals surface area contributed by atoms with Crippen molar-refractivity contribution in [3.63, 3.8) is 0 Å². The first-order valence-electron chi connectivity index (χ1n) is 4.07. The lowest BCUT2D eigenvalue weighted by atomic mass is 10.1. The molecule has 1 aromatic rings. The molecule has 1 atom stereocenters. The summed E-state index contributed by atoms with van der Waals surface area (Å²) in [7, 11) is 0. The highest BCUT2D eigenvalue weighted by Gasteiger charge is 2.17. The fraction of sp³-hybridized carbons (Fsp3) is 0.625. The van der Waals surface area contributed by atoms with Gasteiger partial charge in [0.15, 0.2) is 0 Å². The summed E-state index contributed by atoms with van der Waals surface area (Å²) in [6, 6.07) is 2.30. The Kier molecular flexibility index (Phi) is 1.46. The van der Waals surface area contributed by atoms with Gasteiger partial charge in [0.1, 0.15) is 0 Å². The molecule has 0 spiro atoms. The molecule has 0 aromatic carbocycles. The molecule has 11 heavy (non-hydrogen) atoms. The summed E-state index contributed by atoms with van der Waals surface area (Å²) in [6.45, 7) is 3.05. The van der Waals surface area contributed by atoms with Gasteiger partial charge in [-0.2, -0.15) is 5.10 Å². The fourth-order valence-electron chi connectivity index (χ4n) is 1.65. The highest BCUT2D eigenvalue weighted by atomic mass is 15.3. The number of nitrogens with two attached hydrogens (primary N) is 1. The molecule has 0 fully saturated rings. The van der Waals surface area contributed by atoms with Crippen LogP contribution in [0.3, 0.4) is 0 Å². The second-order valence-corrected chi connectivity index (χ2v) is 3.18. The van der Waals surface area contributed by atoms with Gasteiger partial charge in [0.05, 0.1) is 11.4 Å². The predicted molar refractivity (Wildman–Crippen MR) is 43.1 cm³/mol. The molecule has 3 nitrogen and oxygen atoms in total. The maximum absolute atomic E-state index is 5.90. The normalized spacial score (nSPS) is 23.3. The Labute approximate surface area is 66.2 Å². The minimum absolute atomic E-state index is 0.213. The first-order valence-corrected chi connectivity index (χ1v) is 4.07. The SMILES string of the molecule is Cc1cc2n(n1)CCC[C@H]2N. The molecule has 0 saturated heterocycles. The lowest BCUT2D eigenvalue weighted by molar-refractivity contribution is 0.429. The van der Waals surface area contributed by atoms with E-state index < -0.39 is 0 Å². The number of hydrogen-bond donors (Lipinski definition) is 1. The average molecular weight is 151 g/mol. The molecule has 0 aliphatic carbocycles. The molecule has 3 heteroatoms. The lowest BCUT2D eigenvalue weighted by Crippen LogP contribution is -2.21. The van der Waals surface area contributed by atoms with E-state index in [2.05, 4.69) is 11.2 Å². The highest BCUT2D eigenvalue weighted by Crippen LogP contribution is 2.22. The summed E-state index contributed by atoms with van der Waals surface area (Å²) in [5.74, 6) is 0. The van der Waals surface area contributed by atoms with E-state index >= 15 is 0 Å². The summed E-state index contributed by atoms with van der Waals surface area (Å²) in [4.78, 5) is 0. The van der Waals surface area contributed by atoms with Gasteiger partial charge in [-0.25, -0.2) is 0 Å². The van der Waals surface area contributed by atoms with Crippen molar-refractivity contribution >= 4 is 0 Å². The average Bonchev–Trinajstić information content (AvgIpc) is 2.31. The number of aromatic nitrogens is 2. The molecule has 0 radical (unpaired) electrons. The number of rotatable bonds is 0. The Morgan fingerprint density at radius 2 is 2.55 bits per heavy atom. The van der Waals surface area contributed by atoms with Gasteiger partial charge in [-0.05, 0) is 25.8 Å². The molecule has 0 amide bonds. The van der Waals surface area contributed by atoms with Gasteiger partial charge in [-0.1, -0.05) is 0 Å². The van der Waals surface area contributed by atoms with Crippen molar-refractivity contribution < 1.29 is 0 Å². The zero-order valence-corrected chi connectivity index (χ0v) is 6.75. The molecule has 2 rings (SSSR count). The Morgan fingerprint density at radius 1 is 1.73 bits per heavy atom. The van der Waals surface area contributed by atoms with E-state index in [1.165, 1.54) is 5.69 Å². The van der Waals surface area contributed by atoms with Crippen LogP contribution in [-0.2, 0) is 6.54 Å². The van der Waals surface area contributed by atoms with Gasteiger partial charge in [0.25, 0.3) is 0 Å². The van der Waals surface area contributed by atoms with Crippen LogP contribution in [0.1, 0.15) is 30.3 Å². The smallest absolute Gasteiger partial charge is 0.0597 e. The molecule has 1 aromatic heterocycles. The van der Waals surface area contributed by atoms with Crippen molar-refractivity contribution in [1.29, 1.82) is 0 Å². The summed E-state index contributed by atoms with van der Waals surface area (Å²) in [6.07, 6.45) is 2.26. The number of hydrogen-bond acceptors (Lipinski definition) is 2. The third-order valence-corrected chi connectivity index (χ3v) is 2.20. The Bertz CT molecular complexity index is 264. The minimum atomic E-state index is 0.213. The molecule has 1 aliphatic heterocycles. The number of aryl methyl sites for hydroxylation is 2. The van der Waals surface area contributed by atoms with Crippen LogP contribution in [0.15, 0.2) is 6.07 Å². The molecule has 0 saturated carbocycles. The van der Waals surface area contributed by atoms with E-state index in [1.54, 1.807) is 0 Å². The summed E-state index contributed by atoms with van der Waals surface area (Å²) in [5.41, 5.74) is 8.18. The second-order valence-electron chi connectivity index (χ2n) is 3.18. The fourth-order valence-corrected chi connectivity index (χ4v) is 1.65. The monoisotopic (exact) mass is 151 g/mol. The second kappa shape index (κ2) is 2.34. The van der Waals surface area contributed by atoms with Crippen LogP contribution in [0, 0.1) is 6.92 Å². The quantitative estimate of drug-likeness (QED) is 0.600. The van der Waals surface area contributed by atoms with Gasteiger partial charge in [-0.3, -0.25) is 4.68 Å². The third kappa shape index (κ3) is 1.05. The van der Waals surface area contributed by atoms with Crippen LogP contribution >= 0.6 is 0 Å². The molecule has 0 bridgehead atoms. The summed E-state index contributed by atoms with van der Waals surface area (Å²) in [5, 5.41) is 4.34. The third-order valence-electron chi connectivity index (χ3n) is 2.20. The van der Waals surface area contributed by atoms with E-state index in [0.717, 1.165) is 25.1 Å². The lowest BCUT2D eigenvalue weighted by Gasteiger charge is -2.19. The first-order chi connectivity index (χ1) is 5.27. The number of nitrogens with zero attached hydrogens (tertiary/aromatic N) is 2. The molecular weight excluding hydrogens is 138 g/mol. The zero-order valence-electron chi connectivity index (χ0n) is 6.75. The van der Waals surface area contributed by atoms with Crippen molar-refractivity contribution in [1.82, 2.24) is 9.78 Å². The highest BCUT2D eigenvalue weighted by molar-refractivity contribution is 5.14. The summed E-state index contributed by atoms with van der Waals surface area (Å²) >= 11 is 0. The molecular formula is C8H13N3. The van der Waals surface area contributed by atoms with Gasteiger partial charge < -0.3 is 5.73 Å². The van der Waals surface area contributed by atoms with Crippen LogP contribution in [0.25, 0.3) is 0 Å². The minimum Gasteiger partial charge on any atom is -0.323 e. The zero-order chi connectivity index (χ0) is 7.84. The molecule has 0 unspecified atom stereocenters. The topological polar surface area (TPSA) is 43.8 Å². The Morgan fingerprint density at radius 3 is 3.27 bits per heavy atom. The van der Waals surface area contributed by atoms with E-state index in [9.17, 15) is 0 Å². The molecule has 2 N–H and O–H groups in total. The maximum atomic E-state index is 5.90. The van der Waals surface area contributed by atoms with E-state index in [4.69, 9.17) is 5.73 Å². The van der Waals surface area contributed by atoms with Crippen molar-refractivity contribution in [2.75, 3.05) is 0 Å². The first kappa shape index (κ1) is 6.85. The van der Waals surface area contributed by atoms with Crippen LogP contribution in [0.4, 0.5) is 0 Å².